The fourth-order valence-corrected chi connectivity index (χ4v) is 17.3. The van der Waals surface area contributed by atoms with Crippen molar-refractivity contribution in [3.05, 3.63) is 504 Å². The zero-order chi connectivity index (χ0) is 97.9. The molecule has 13 heterocycles. The van der Waals surface area contributed by atoms with Crippen LogP contribution in [0.1, 0.15) is 132 Å². The van der Waals surface area contributed by atoms with Crippen LogP contribution >= 0.6 is 11.8 Å². The van der Waals surface area contributed by atoms with Crippen molar-refractivity contribution in [2.45, 2.75) is 91.7 Å². The number of ketones is 2. The Morgan fingerprint density at radius 2 is 0.719 bits per heavy atom. The third-order valence-electron chi connectivity index (χ3n) is 24.2. The molecule has 0 fully saturated rings. The van der Waals surface area contributed by atoms with E-state index < -0.39 is 56.8 Å². The third kappa shape index (κ3) is 25.0. The van der Waals surface area contributed by atoms with Crippen molar-refractivity contribution in [2.24, 2.45) is 0 Å². The predicted molar refractivity (Wildman–Crippen MR) is 543 cm³/mol. The van der Waals surface area contributed by atoms with Crippen molar-refractivity contribution in [2.75, 3.05) is 0 Å². The second kappa shape index (κ2) is 48.8. The number of nitrogens with zero attached hydrogens (tertiary/aromatic N) is 12. The van der Waals surface area contributed by atoms with Crippen molar-refractivity contribution in [1.29, 1.82) is 0 Å². The number of halogens is 4. The number of carbonyl (C=O) groups is 2. The maximum atomic E-state index is 15.1. The molecule has 2 aliphatic rings. The summed E-state index contributed by atoms with van der Waals surface area (Å²) < 4.78 is 59.1. The van der Waals surface area contributed by atoms with E-state index in [0.717, 1.165) is 134 Å². The molecule has 0 saturated carbocycles. The van der Waals surface area contributed by atoms with Crippen LogP contribution < -0.4 is 4.98 Å². The van der Waals surface area contributed by atoms with E-state index in [4.69, 9.17) is 37.5 Å². The molecule has 0 N–H and O–H groups in total. The van der Waals surface area contributed by atoms with Crippen LogP contribution in [-0.4, -0.2) is 66.4 Å². The molecule has 22 rings (SSSR count). The fourth-order valence-electron chi connectivity index (χ4n) is 16.2. The Bertz CT molecular complexity index is 7810. The van der Waals surface area contributed by atoms with E-state index in [-0.39, 0.29) is 133 Å². The minimum absolute atomic E-state index is 0. The summed E-state index contributed by atoms with van der Waals surface area (Å²) in [6.45, 7) is 16.3. The van der Waals surface area contributed by atoms with E-state index in [1.54, 1.807) is 85.2 Å². The molecule has 0 spiro atoms. The molecule has 0 aliphatic carbocycles. The Hall–Kier alpha value is -13.2. The van der Waals surface area contributed by atoms with Gasteiger partial charge in [-0.2, -0.15) is 58.7 Å². The van der Waals surface area contributed by atoms with E-state index in [1.165, 1.54) is 12.1 Å². The number of aromatic nitrogens is 12. The zero-order valence-electron chi connectivity index (χ0n) is 79.2. The zero-order valence-corrected chi connectivity index (χ0v) is 92.2. The average Bonchev–Trinajstić information content (AvgIpc) is 1.39. The van der Waals surface area contributed by atoms with Crippen LogP contribution in [0.5, 0.6) is 0 Å². The Morgan fingerprint density at radius 3 is 1.25 bits per heavy atom. The van der Waals surface area contributed by atoms with Crippen molar-refractivity contribution < 1.29 is 132 Å². The number of rotatable bonds is 12. The Kier molecular flexibility index (Phi) is 36.8. The van der Waals surface area contributed by atoms with Gasteiger partial charge in [-0.1, -0.05) is 187 Å². The summed E-state index contributed by atoms with van der Waals surface area (Å²) in [6.07, 6.45) is 10.7. The van der Waals surface area contributed by atoms with Crippen molar-refractivity contribution >= 4 is 36.0 Å². The van der Waals surface area contributed by atoms with Gasteiger partial charge in [-0.15, -0.1) is 195 Å². The quantitative estimate of drug-likeness (QED) is 0.0637. The number of pyridine rings is 9. The number of hydrogen-bond acceptors (Lipinski definition) is 15. The van der Waals surface area contributed by atoms with E-state index in [9.17, 15) is 18.4 Å². The first-order chi connectivity index (χ1) is 68.3. The van der Waals surface area contributed by atoms with Gasteiger partial charge in [0.2, 0.25) is 0 Å². The first kappa shape index (κ1) is 110. The first-order valence-corrected chi connectivity index (χ1v) is 46.5. The molecule has 0 amide bonds. The topological polar surface area (TPSA) is 190 Å². The molecule has 20 aromatic rings. The van der Waals surface area contributed by atoms with E-state index >= 15 is 8.78 Å². The van der Waals surface area contributed by atoms with Gasteiger partial charge in [0.15, 0.2) is 0 Å². The van der Waals surface area contributed by atoms with Crippen molar-refractivity contribution in [3.8, 4) is 113 Å². The van der Waals surface area contributed by atoms with Crippen LogP contribution in [0.4, 0.5) is 17.6 Å². The molecule has 0 saturated heterocycles. The summed E-state index contributed by atoms with van der Waals surface area (Å²) in [5.74, 6) is -5.07. The van der Waals surface area contributed by atoms with Gasteiger partial charge >= 0.3 is 105 Å². The molecule has 146 heavy (non-hydrogen) atoms. The van der Waals surface area contributed by atoms with Crippen LogP contribution in [0.15, 0.2) is 379 Å². The molecule has 16 bridgehead atoms. The fraction of sp³-hybridized carbons (Fsp3) is 0.0992. The van der Waals surface area contributed by atoms with Gasteiger partial charge in [-0.25, -0.2) is 0 Å². The molecular weight excluding hydrogens is 2770 g/mol. The minimum Gasteiger partial charge on any atom is -0.779 e. The Morgan fingerprint density at radius 1 is 0.322 bits per heavy atom. The molecule has 730 valence electrons. The standard InChI is InChI=1S/C28H22F2N2.C24H10F2N2O2.C24H19N3.C23H19N3.C22H15N2S2.5Pt/c1-27(2)18-9-5-8-17(14-18)23-10-6-11-24(31-23)25-12-7-13-26(32-25)28(3,4)20-15-19(27)21(29)16-22(20)30;25-17-12-18(26)16-11-15(17)23(29)14-5-1-4-13(10-14)19-6-2-7-20(27-19)21-8-3-9-22(28-21)24(16)30;1-24(2,19-10-4-3-5-11-19)20-12-8-9-18(15-20)22-16-25-17-23(27-22)21-13-6-7-14-26-21;1-23(2,22-13-7-15-25-22)18-9-5-8-17(16-18)19-11-6-12-21(26-19)20-10-3-4-14-24-20;25-21-12-1-2-13-22(21)26-17-8-5-7-16(15-17)18-10-6-11-20(24-18)19-9-3-4-14-23-19;;;;;/h5-13,16H,1-4H3;1-9,12H;3-10,12-14,16-17H,1-2H3;3-15H,1-2H3;1-14,25H;;;;;/q4*-2;-1;5*+2/p-1. The normalized spacial score (nSPS) is 12.0. The van der Waals surface area contributed by atoms with Crippen LogP contribution in [0.2, 0.25) is 0 Å². The van der Waals surface area contributed by atoms with Gasteiger partial charge in [0.25, 0.3) is 0 Å². The summed E-state index contributed by atoms with van der Waals surface area (Å²) in [7, 11) is 0. The van der Waals surface area contributed by atoms with Crippen LogP contribution in [0.25, 0.3) is 113 Å². The second-order valence-electron chi connectivity index (χ2n) is 35.2. The summed E-state index contributed by atoms with van der Waals surface area (Å²) in [5.41, 5.74) is 18.5. The number of fused-ring (bicyclic) bond motifs is 20. The Balaban J connectivity index is 0.000000152. The summed E-state index contributed by atoms with van der Waals surface area (Å²) in [4.78, 5) is 83.5. The molecule has 11 aromatic heterocycles. The first-order valence-electron chi connectivity index (χ1n) is 45.2. The molecule has 14 nitrogen and oxygen atoms in total. The van der Waals surface area contributed by atoms with Gasteiger partial charge < -0.3 is 27.2 Å². The van der Waals surface area contributed by atoms with E-state index in [0.29, 0.717) is 45.7 Å². The predicted octanol–water partition coefficient (Wildman–Crippen LogP) is 26.8. The van der Waals surface area contributed by atoms with Crippen LogP contribution in [-0.2, 0) is 140 Å². The van der Waals surface area contributed by atoms with Gasteiger partial charge in [-0.3, -0.25) is 72.4 Å². The van der Waals surface area contributed by atoms with Gasteiger partial charge in [0, 0.05) is 58.9 Å². The Labute approximate surface area is 927 Å². The number of hydrogen-bond donors (Lipinski definition) is 0. The molecule has 9 aromatic carbocycles. The largest absolute Gasteiger partial charge is 2.00 e. The van der Waals surface area contributed by atoms with Crippen molar-refractivity contribution in [3.63, 3.8) is 0 Å². The molecule has 0 atom stereocenters. The van der Waals surface area contributed by atoms with Crippen molar-refractivity contribution in [1.82, 2.24) is 59.8 Å². The van der Waals surface area contributed by atoms with Crippen LogP contribution in [0, 0.1) is 71.8 Å². The number of benzene rings is 9. The van der Waals surface area contributed by atoms with E-state index in [1.807, 2.05) is 264 Å². The van der Waals surface area contributed by atoms with Gasteiger partial charge in [0.1, 0.15) is 11.6 Å². The molecule has 0 unspecified atom stereocenters. The summed E-state index contributed by atoms with van der Waals surface area (Å²) >= 11 is 7.02. The molecule has 2 aliphatic heterocycles. The average molecular weight is 2850 g/mol. The van der Waals surface area contributed by atoms with Gasteiger partial charge in [-0.05, 0) is 140 Å². The van der Waals surface area contributed by atoms with E-state index in [2.05, 4.69) is 141 Å². The second-order valence-corrected chi connectivity index (χ2v) is 36.7. The molecule has 25 heteroatoms. The summed E-state index contributed by atoms with van der Waals surface area (Å²) in [6, 6.07) is 127. The smallest absolute Gasteiger partial charge is 0.779 e. The number of carbonyl (C=O) groups excluding carboxylic acids is 2. The summed E-state index contributed by atoms with van der Waals surface area (Å²) in [5, 5.41) is 0. The van der Waals surface area contributed by atoms with Crippen LogP contribution in [0.3, 0.4) is 0 Å². The third-order valence-corrected chi connectivity index (χ3v) is 25.7. The SMILES string of the molecule is CC(C)(c1[c-]c(-c2cccc(-c3ccccn3)n2)ccc1)c1ccc[n-]1.CC(C)(c1[c-]cccc1)c1[c-]c(-c2cncc(-c3ccccn3)n2)ccc1.CC1(C)c2[c-]c(ccc2)-c2cccc(n2)-c2cccc(n2)C(C)(C)c2[c-]c1c(F)cc2F.O=C1c2[c-]c(ccc2)-c2cccc(n2)-c2cccc(n2)C(=O)c2[c-]c1c(F)cc2F.[Pt+2].[Pt+2].[Pt+2].[Pt+2].[Pt+2].[S-]c1ccccc1Sc1[c-]c(-c2cccc(-c3ccccn3)n2)ccc1. The van der Waals surface area contributed by atoms with Gasteiger partial charge in [0.05, 0.1) is 80.5 Å². The maximum absolute atomic E-state index is 15.1. The molecular formula is C121H84F4N12O2Pt5S2. The maximum Gasteiger partial charge on any atom is 2.00 e. The molecule has 0 radical (unpaired) electrons. The monoisotopic (exact) mass is 2850 g/mol. The minimum atomic E-state index is -1.12.